The van der Waals surface area contributed by atoms with Crippen molar-refractivity contribution in [3.63, 3.8) is 0 Å². The van der Waals surface area contributed by atoms with Gasteiger partial charge in [-0.25, -0.2) is 4.79 Å². The molecule has 0 atom stereocenters. The van der Waals surface area contributed by atoms with Crippen molar-refractivity contribution < 1.29 is 4.42 Å². The van der Waals surface area contributed by atoms with Crippen LogP contribution < -0.4 is 10.3 Å². The lowest BCUT2D eigenvalue weighted by atomic mass is 10.1. The molecule has 1 aromatic heterocycles. The predicted octanol–water partition coefficient (Wildman–Crippen LogP) is 1.62. The Labute approximate surface area is 85.4 Å². The first-order valence-corrected chi connectivity index (χ1v) is 5.29. The van der Waals surface area contributed by atoms with E-state index in [0.29, 0.717) is 0 Å². The van der Waals surface area contributed by atoms with E-state index in [2.05, 4.69) is 5.32 Å². The Morgan fingerprint density at radius 1 is 1.50 bits per heavy atom. The second-order valence-corrected chi connectivity index (χ2v) is 4.03. The van der Waals surface area contributed by atoms with E-state index in [1.54, 1.807) is 0 Å². The molecule has 1 aromatic carbocycles. The van der Waals surface area contributed by atoms with Crippen molar-refractivity contribution in [2.24, 2.45) is 0 Å². The molecule has 0 saturated heterocycles. The van der Waals surface area contributed by atoms with Crippen molar-refractivity contribution in [1.29, 1.82) is 0 Å². The first-order valence-electron chi connectivity index (χ1n) is 4.47. The fourth-order valence-electron chi connectivity index (χ4n) is 1.41. The summed E-state index contributed by atoms with van der Waals surface area (Å²) >= 11 is 1.16. The lowest BCUT2D eigenvalue weighted by Crippen LogP contribution is -2.10. The maximum absolute atomic E-state index is 11.1. The van der Waals surface area contributed by atoms with E-state index in [4.69, 9.17) is 4.42 Å². The largest absolute Gasteiger partial charge is 0.414 e. The van der Waals surface area contributed by atoms with Crippen LogP contribution in [0.3, 0.4) is 0 Å². The summed E-state index contributed by atoms with van der Waals surface area (Å²) in [6.45, 7) is 0.888. The van der Waals surface area contributed by atoms with Crippen molar-refractivity contribution in [2.75, 3.05) is 13.6 Å². The zero-order valence-electron chi connectivity index (χ0n) is 7.87. The Bertz CT molecular complexity index is 486. The van der Waals surface area contributed by atoms with Crippen LogP contribution in [0, 0.1) is 0 Å². The Morgan fingerprint density at radius 2 is 2.36 bits per heavy atom. The molecule has 0 amide bonds. The highest BCUT2D eigenvalue weighted by Gasteiger charge is 2.06. The van der Waals surface area contributed by atoms with Crippen molar-refractivity contribution in [1.82, 2.24) is 5.32 Å². The molecule has 2 aromatic rings. The summed E-state index contributed by atoms with van der Waals surface area (Å²) in [5.74, 6) is 0. The Kier molecular flexibility index (Phi) is 2.65. The fraction of sp³-hybridized carbons (Fsp3) is 0.300. The van der Waals surface area contributed by atoms with Crippen LogP contribution in [0.15, 0.2) is 27.4 Å². The predicted molar refractivity (Wildman–Crippen MR) is 58.0 cm³/mol. The van der Waals surface area contributed by atoms with Gasteiger partial charge in [0.25, 0.3) is 0 Å². The van der Waals surface area contributed by atoms with Crippen molar-refractivity contribution in [2.45, 2.75) is 6.42 Å². The van der Waals surface area contributed by atoms with Crippen molar-refractivity contribution >= 4 is 21.6 Å². The molecule has 1 heterocycles. The van der Waals surface area contributed by atoms with Crippen LogP contribution in [-0.4, -0.2) is 13.6 Å². The average molecular weight is 209 g/mol. The minimum Gasteiger partial charge on any atom is -0.414 e. The van der Waals surface area contributed by atoms with Crippen LogP contribution in [0.25, 0.3) is 10.3 Å². The Balaban J connectivity index is 2.47. The van der Waals surface area contributed by atoms with Crippen LogP contribution in [0.2, 0.25) is 0 Å². The number of para-hydroxylation sites is 1. The van der Waals surface area contributed by atoms with Gasteiger partial charge >= 0.3 is 4.94 Å². The third-order valence-electron chi connectivity index (χ3n) is 2.08. The average Bonchev–Trinajstić information content (AvgIpc) is 2.55. The van der Waals surface area contributed by atoms with E-state index < -0.39 is 0 Å². The van der Waals surface area contributed by atoms with Gasteiger partial charge < -0.3 is 9.73 Å². The monoisotopic (exact) mass is 209 g/mol. The van der Waals surface area contributed by atoms with E-state index in [9.17, 15) is 4.79 Å². The molecule has 14 heavy (non-hydrogen) atoms. The van der Waals surface area contributed by atoms with Gasteiger partial charge in [-0.15, -0.1) is 0 Å². The number of hydrogen-bond acceptors (Lipinski definition) is 4. The molecule has 0 spiro atoms. The molecule has 0 aliphatic heterocycles. The van der Waals surface area contributed by atoms with E-state index in [1.807, 2.05) is 25.2 Å². The zero-order valence-corrected chi connectivity index (χ0v) is 8.69. The first kappa shape index (κ1) is 9.43. The minimum atomic E-state index is -0.225. The van der Waals surface area contributed by atoms with Crippen LogP contribution in [0.4, 0.5) is 0 Å². The van der Waals surface area contributed by atoms with Gasteiger partial charge in [0.15, 0.2) is 5.58 Å². The topological polar surface area (TPSA) is 42.2 Å². The molecule has 0 unspecified atom stereocenters. The number of likely N-dealkylation sites (N-methyl/N-ethyl adjacent to an activating group) is 1. The van der Waals surface area contributed by atoms with Crippen LogP contribution >= 0.6 is 11.3 Å². The highest BCUT2D eigenvalue weighted by atomic mass is 32.1. The zero-order chi connectivity index (χ0) is 9.97. The second kappa shape index (κ2) is 3.94. The summed E-state index contributed by atoms with van der Waals surface area (Å²) in [4.78, 5) is 10.8. The molecule has 0 aliphatic rings. The molecule has 0 fully saturated rings. The normalized spacial score (nSPS) is 10.9. The van der Waals surface area contributed by atoms with Crippen LogP contribution in [-0.2, 0) is 6.42 Å². The molecule has 0 radical (unpaired) electrons. The molecule has 0 aliphatic carbocycles. The number of fused-ring (bicyclic) bond motifs is 1. The molecule has 2 rings (SSSR count). The summed E-state index contributed by atoms with van der Waals surface area (Å²) in [7, 11) is 1.91. The SMILES string of the molecule is CNCCc1cccc2sc(=O)oc12. The third kappa shape index (κ3) is 1.71. The highest BCUT2D eigenvalue weighted by molar-refractivity contribution is 7.16. The Morgan fingerprint density at radius 3 is 3.14 bits per heavy atom. The quantitative estimate of drug-likeness (QED) is 0.835. The van der Waals surface area contributed by atoms with Gasteiger partial charge in [-0.2, -0.15) is 0 Å². The third-order valence-corrected chi connectivity index (χ3v) is 2.87. The van der Waals surface area contributed by atoms with Gasteiger partial charge in [0.2, 0.25) is 0 Å². The summed E-state index contributed by atoms with van der Waals surface area (Å²) in [6.07, 6.45) is 0.882. The molecule has 0 saturated carbocycles. The number of nitrogens with one attached hydrogen (secondary N) is 1. The van der Waals surface area contributed by atoms with E-state index in [-0.39, 0.29) is 4.94 Å². The van der Waals surface area contributed by atoms with E-state index in [0.717, 1.165) is 40.1 Å². The van der Waals surface area contributed by atoms with Crippen LogP contribution in [0.1, 0.15) is 5.56 Å². The van der Waals surface area contributed by atoms with E-state index in [1.165, 1.54) is 0 Å². The molecule has 3 nitrogen and oxygen atoms in total. The van der Waals surface area contributed by atoms with E-state index >= 15 is 0 Å². The summed E-state index contributed by atoms with van der Waals surface area (Å²) in [5.41, 5.74) is 1.84. The fourth-order valence-corrected chi connectivity index (χ4v) is 2.12. The van der Waals surface area contributed by atoms with Gasteiger partial charge in [0, 0.05) is 0 Å². The van der Waals surface area contributed by atoms with Gasteiger partial charge in [0.1, 0.15) is 0 Å². The number of benzene rings is 1. The summed E-state index contributed by atoms with van der Waals surface area (Å²) < 4.78 is 6.07. The second-order valence-electron chi connectivity index (χ2n) is 3.05. The molecule has 1 N–H and O–H groups in total. The smallest absolute Gasteiger partial charge is 0.396 e. The lowest BCUT2D eigenvalue weighted by Gasteiger charge is -1.99. The highest BCUT2D eigenvalue weighted by Crippen LogP contribution is 2.20. The Hall–Kier alpha value is -1.13. The standard InChI is InChI=1S/C10H11NO2S/c1-11-6-5-7-3-2-4-8-9(7)13-10(12)14-8/h2-4,11H,5-6H2,1H3. The van der Waals surface area contributed by atoms with Gasteiger partial charge in [-0.3, -0.25) is 0 Å². The van der Waals surface area contributed by atoms with Crippen LogP contribution in [0.5, 0.6) is 0 Å². The van der Waals surface area contributed by atoms with Gasteiger partial charge in [-0.05, 0) is 31.6 Å². The number of hydrogen-bond donors (Lipinski definition) is 1. The van der Waals surface area contributed by atoms with Gasteiger partial charge in [-0.1, -0.05) is 23.5 Å². The maximum Gasteiger partial charge on any atom is 0.396 e. The molecule has 0 bridgehead atoms. The summed E-state index contributed by atoms with van der Waals surface area (Å²) in [5, 5.41) is 3.07. The first-order chi connectivity index (χ1) is 6.81. The minimum absolute atomic E-state index is 0.225. The summed E-state index contributed by atoms with van der Waals surface area (Å²) in [6, 6.07) is 5.86. The molecule has 74 valence electrons. The number of rotatable bonds is 3. The van der Waals surface area contributed by atoms with Crippen molar-refractivity contribution in [3.8, 4) is 0 Å². The maximum atomic E-state index is 11.1. The molecular formula is C10H11NO2S. The van der Waals surface area contributed by atoms with Gasteiger partial charge in [0.05, 0.1) is 4.70 Å². The lowest BCUT2D eigenvalue weighted by molar-refractivity contribution is 0.580. The molecular weight excluding hydrogens is 198 g/mol. The van der Waals surface area contributed by atoms with Crippen molar-refractivity contribution in [3.05, 3.63) is 33.5 Å². The molecule has 4 heteroatoms.